The molecule has 0 aromatic heterocycles. The van der Waals surface area contributed by atoms with Crippen LogP contribution in [0.1, 0.15) is 18.5 Å². The fourth-order valence-corrected chi connectivity index (χ4v) is 2.52. The monoisotopic (exact) mass is 299 g/mol. The molecule has 1 rings (SSSR count). The third-order valence-electron chi connectivity index (χ3n) is 3.29. The minimum atomic E-state index is -3.16. The van der Waals surface area contributed by atoms with Crippen molar-refractivity contribution in [2.24, 2.45) is 0 Å². The summed E-state index contributed by atoms with van der Waals surface area (Å²) in [6.07, 6.45) is 0. The number of sulfonamides is 1. The molecular formula is C14H25N3O2S. The molecule has 114 valence electrons. The van der Waals surface area contributed by atoms with E-state index in [9.17, 15) is 8.42 Å². The molecule has 0 aliphatic carbocycles. The number of nitrogens with zero attached hydrogens (tertiary/aromatic N) is 2. The normalized spacial score (nSPS) is 13.5. The van der Waals surface area contributed by atoms with Crippen molar-refractivity contribution in [2.75, 3.05) is 45.4 Å². The molecule has 0 saturated carbocycles. The summed E-state index contributed by atoms with van der Waals surface area (Å²) in [5.74, 6) is 0.104. The average molecular weight is 299 g/mol. The van der Waals surface area contributed by atoms with E-state index in [0.29, 0.717) is 6.54 Å². The van der Waals surface area contributed by atoms with Crippen molar-refractivity contribution in [3.63, 3.8) is 0 Å². The Morgan fingerprint density at radius 1 is 1.10 bits per heavy atom. The van der Waals surface area contributed by atoms with E-state index < -0.39 is 10.0 Å². The number of hydrogen-bond acceptors (Lipinski definition) is 4. The predicted molar refractivity (Wildman–Crippen MR) is 84.7 cm³/mol. The third-order valence-corrected chi connectivity index (χ3v) is 4.66. The Hall–Kier alpha value is -1.11. The number of nitrogens with one attached hydrogen (secondary N) is 1. The van der Waals surface area contributed by atoms with Crippen LogP contribution in [0.25, 0.3) is 0 Å². The van der Waals surface area contributed by atoms with Crippen molar-refractivity contribution in [1.82, 2.24) is 9.62 Å². The van der Waals surface area contributed by atoms with E-state index in [1.165, 1.54) is 0 Å². The highest BCUT2D eigenvalue weighted by Crippen LogP contribution is 2.21. The molecule has 1 N–H and O–H groups in total. The number of likely N-dealkylation sites (N-methyl/N-ethyl adjacent to an activating group) is 1. The molecule has 1 atom stereocenters. The summed E-state index contributed by atoms with van der Waals surface area (Å²) < 4.78 is 25.8. The van der Waals surface area contributed by atoms with Crippen LogP contribution in [0.15, 0.2) is 24.3 Å². The van der Waals surface area contributed by atoms with Crippen LogP contribution in [0, 0.1) is 0 Å². The Bertz CT molecular complexity index is 510. The van der Waals surface area contributed by atoms with E-state index in [1.807, 2.05) is 62.3 Å². The van der Waals surface area contributed by atoms with Gasteiger partial charge in [0, 0.05) is 32.4 Å². The van der Waals surface area contributed by atoms with Crippen molar-refractivity contribution in [3.8, 4) is 0 Å². The molecule has 0 aliphatic heterocycles. The number of benzene rings is 1. The van der Waals surface area contributed by atoms with E-state index in [-0.39, 0.29) is 11.8 Å². The molecule has 0 saturated heterocycles. The van der Waals surface area contributed by atoms with Crippen LogP contribution in [0.4, 0.5) is 5.69 Å². The number of hydrogen-bond donors (Lipinski definition) is 1. The minimum absolute atomic E-state index is 0.0209. The Morgan fingerprint density at radius 3 is 2.05 bits per heavy atom. The van der Waals surface area contributed by atoms with Gasteiger partial charge in [-0.1, -0.05) is 12.1 Å². The van der Waals surface area contributed by atoms with Crippen molar-refractivity contribution in [1.29, 1.82) is 0 Å². The SMILES string of the molecule is CCS(=O)(=O)NC[C@@H](c1ccc(N(C)C)cc1)N(C)C. The Kier molecular flexibility index (Phi) is 5.98. The van der Waals surface area contributed by atoms with Crippen molar-refractivity contribution in [2.45, 2.75) is 13.0 Å². The van der Waals surface area contributed by atoms with Gasteiger partial charge in [0.1, 0.15) is 0 Å². The van der Waals surface area contributed by atoms with Crippen LogP contribution in [0.3, 0.4) is 0 Å². The van der Waals surface area contributed by atoms with E-state index >= 15 is 0 Å². The molecule has 0 radical (unpaired) electrons. The average Bonchev–Trinajstić information content (AvgIpc) is 2.39. The zero-order valence-electron chi connectivity index (χ0n) is 12.9. The maximum absolute atomic E-state index is 11.6. The summed E-state index contributed by atoms with van der Waals surface area (Å²) in [7, 11) is 4.72. The van der Waals surface area contributed by atoms with Crippen LogP contribution < -0.4 is 9.62 Å². The van der Waals surface area contributed by atoms with E-state index in [4.69, 9.17) is 0 Å². The third kappa shape index (κ3) is 4.77. The second-order valence-electron chi connectivity index (χ2n) is 5.22. The summed E-state index contributed by atoms with van der Waals surface area (Å²) in [5, 5.41) is 0. The molecule has 0 bridgehead atoms. The molecule has 5 nitrogen and oxygen atoms in total. The number of rotatable bonds is 7. The topological polar surface area (TPSA) is 52.7 Å². The number of anilines is 1. The summed E-state index contributed by atoms with van der Waals surface area (Å²) >= 11 is 0. The van der Waals surface area contributed by atoms with Crippen molar-refractivity contribution < 1.29 is 8.42 Å². The zero-order chi connectivity index (χ0) is 15.3. The molecule has 6 heteroatoms. The summed E-state index contributed by atoms with van der Waals surface area (Å²) in [4.78, 5) is 4.05. The minimum Gasteiger partial charge on any atom is -0.378 e. The first-order valence-electron chi connectivity index (χ1n) is 6.68. The summed E-state index contributed by atoms with van der Waals surface area (Å²) in [6, 6.07) is 8.19. The van der Waals surface area contributed by atoms with Gasteiger partial charge in [0.15, 0.2) is 0 Å². The Morgan fingerprint density at radius 2 is 1.65 bits per heavy atom. The highest BCUT2D eigenvalue weighted by molar-refractivity contribution is 7.89. The zero-order valence-corrected chi connectivity index (χ0v) is 13.7. The first kappa shape index (κ1) is 16.9. The van der Waals surface area contributed by atoms with Gasteiger partial charge in [0.05, 0.1) is 5.75 Å². The van der Waals surface area contributed by atoms with E-state index in [0.717, 1.165) is 11.3 Å². The fourth-order valence-electron chi connectivity index (χ4n) is 1.90. The Balaban J connectivity index is 2.86. The quantitative estimate of drug-likeness (QED) is 0.824. The van der Waals surface area contributed by atoms with Crippen LogP contribution in [0.5, 0.6) is 0 Å². The van der Waals surface area contributed by atoms with E-state index in [2.05, 4.69) is 4.72 Å². The second-order valence-corrected chi connectivity index (χ2v) is 7.31. The first-order chi connectivity index (χ1) is 9.26. The van der Waals surface area contributed by atoms with Gasteiger partial charge in [-0.3, -0.25) is 0 Å². The summed E-state index contributed by atoms with van der Waals surface area (Å²) in [5.41, 5.74) is 2.22. The molecule has 0 aliphatic rings. The van der Waals surface area contributed by atoms with E-state index in [1.54, 1.807) is 6.92 Å². The lowest BCUT2D eigenvalue weighted by Gasteiger charge is -2.25. The maximum atomic E-state index is 11.6. The van der Waals surface area contributed by atoms with Crippen LogP contribution in [0.2, 0.25) is 0 Å². The van der Waals surface area contributed by atoms with Crippen molar-refractivity contribution >= 4 is 15.7 Å². The first-order valence-corrected chi connectivity index (χ1v) is 8.33. The standard InChI is InChI=1S/C14H25N3O2S/c1-6-20(18,19)15-11-14(17(4)5)12-7-9-13(10-8-12)16(2)3/h7-10,14-15H,6,11H2,1-5H3/t14-/m0/s1. The molecular weight excluding hydrogens is 274 g/mol. The van der Waals surface area contributed by atoms with Gasteiger partial charge in [-0.2, -0.15) is 0 Å². The lowest BCUT2D eigenvalue weighted by Crippen LogP contribution is -2.35. The molecule has 20 heavy (non-hydrogen) atoms. The predicted octanol–water partition coefficient (Wildman–Crippen LogP) is 1.29. The van der Waals surface area contributed by atoms with Crippen molar-refractivity contribution in [3.05, 3.63) is 29.8 Å². The van der Waals surface area contributed by atoms with Gasteiger partial charge < -0.3 is 9.80 Å². The molecule has 0 fully saturated rings. The summed E-state index contributed by atoms with van der Waals surface area (Å²) in [6.45, 7) is 2.02. The van der Waals surface area contributed by atoms with Crippen LogP contribution in [-0.2, 0) is 10.0 Å². The van der Waals surface area contributed by atoms with Gasteiger partial charge >= 0.3 is 0 Å². The largest absolute Gasteiger partial charge is 0.378 e. The molecule has 1 aromatic carbocycles. The maximum Gasteiger partial charge on any atom is 0.211 e. The fraction of sp³-hybridized carbons (Fsp3) is 0.571. The lowest BCUT2D eigenvalue weighted by atomic mass is 10.1. The Labute approximate surface area is 122 Å². The van der Waals surface area contributed by atoms with Crippen LogP contribution in [-0.4, -0.2) is 53.8 Å². The molecule has 0 unspecified atom stereocenters. The highest BCUT2D eigenvalue weighted by atomic mass is 32.2. The second kappa shape index (κ2) is 7.06. The van der Waals surface area contributed by atoms with Gasteiger partial charge in [0.25, 0.3) is 0 Å². The van der Waals surface area contributed by atoms with Gasteiger partial charge in [0.2, 0.25) is 10.0 Å². The van der Waals surface area contributed by atoms with Crippen LogP contribution >= 0.6 is 0 Å². The van der Waals surface area contributed by atoms with Gasteiger partial charge in [-0.05, 0) is 38.7 Å². The molecule has 0 amide bonds. The smallest absolute Gasteiger partial charge is 0.211 e. The van der Waals surface area contributed by atoms with Gasteiger partial charge in [-0.25, -0.2) is 13.1 Å². The molecule has 0 spiro atoms. The lowest BCUT2D eigenvalue weighted by molar-refractivity contribution is 0.299. The highest BCUT2D eigenvalue weighted by Gasteiger charge is 2.17. The molecule has 0 heterocycles. The van der Waals surface area contributed by atoms with Gasteiger partial charge in [-0.15, -0.1) is 0 Å². The molecule has 1 aromatic rings.